The first-order chi connectivity index (χ1) is 15.4. The minimum atomic E-state index is -1.10. The fourth-order valence-corrected chi connectivity index (χ4v) is 3.88. The quantitative estimate of drug-likeness (QED) is 0.351. The Labute approximate surface area is 185 Å². The molecule has 160 valence electrons. The number of rotatable bonds is 4. The molecule has 32 heavy (non-hydrogen) atoms. The average Bonchev–Trinajstić information content (AvgIpc) is 3.17. The molecular formula is C24H16ClF2N3O2. The fourth-order valence-electron chi connectivity index (χ4n) is 3.69. The van der Waals surface area contributed by atoms with Gasteiger partial charge in [-0.25, -0.2) is 8.78 Å². The van der Waals surface area contributed by atoms with Crippen molar-refractivity contribution < 1.29 is 13.2 Å². The molecule has 0 aliphatic rings. The first kappa shape index (κ1) is 20.2. The average molecular weight is 452 g/mol. The van der Waals surface area contributed by atoms with Crippen LogP contribution in [0, 0.1) is 18.6 Å². The zero-order valence-corrected chi connectivity index (χ0v) is 17.6. The standard InChI is InChI=1S/C24H16ClF2N3O2/c1-13-5-8-20-19(9-13)28-24(32-20)30(16-4-2-3-15(25)11-16)12-14-10-21(31)29-23-17(14)6-7-18(26)22(23)27/h2-11H,12H2,1H3,(H,29,31). The number of halogens is 3. The van der Waals surface area contributed by atoms with Crippen LogP contribution in [0.15, 0.2) is 69.9 Å². The lowest BCUT2D eigenvalue weighted by Crippen LogP contribution is -2.19. The topological polar surface area (TPSA) is 62.1 Å². The molecule has 0 aliphatic carbocycles. The maximum absolute atomic E-state index is 14.4. The summed E-state index contributed by atoms with van der Waals surface area (Å²) in [5.41, 5.74) is 2.71. The molecule has 2 aromatic heterocycles. The van der Waals surface area contributed by atoms with Gasteiger partial charge < -0.3 is 9.40 Å². The SMILES string of the molecule is Cc1ccc2oc(N(Cc3cc(=O)[nH]c4c(F)c(F)ccc34)c3cccc(Cl)c3)nc2c1. The number of aromatic amines is 1. The third-order valence-electron chi connectivity index (χ3n) is 5.21. The summed E-state index contributed by atoms with van der Waals surface area (Å²) in [5, 5.41) is 0.880. The van der Waals surface area contributed by atoms with Gasteiger partial charge in [0.25, 0.3) is 0 Å². The maximum Gasteiger partial charge on any atom is 0.303 e. The van der Waals surface area contributed by atoms with Crippen LogP contribution in [-0.4, -0.2) is 9.97 Å². The Balaban J connectivity index is 1.70. The van der Waals surface area contributed by atoms with E-state index in [-0.39, 0.29) is 18.1 Å². The van der Waals surface area contributed by atoms with Crippen molar-refractivity contribution in [2.24, 2.45) is 0 Å². The van der Waals surface area contributed by atoms with Crippen molar-refractivity contribution in [3.63, 3.8) is 0 Å². The minimum Gasteiger partial charge on any atom is -0.423 e. The van der Waals surface area contributed by atoms with Crippen molar-refractivity contribution in [2.45, 2.75) is 13.5 Å². The number of hydrogen-bond acceptors (Lipinski definition) is 4. The summed E-state index contributed by atoms with van der Waals surface area (Å²) < 4.78 is 34.1. The van der Waals surface area contributed by atoms with Crippen LogP contribution in [-0.2, 0) is 6.54 Å². The van der Waals surface area contributed by atoms with Crippen molar-refractivity contribution in [1.82, 2.24) is 9.97 Å². The van der Waals surface area contributed by atoms with Gasteiger partial charge in [-0.3, -0.25) is 9.69 Å². The van der Waals surface area contributed by atoms with Crippen molar-refractivity contribution in [1.29, 1.82) is 0 Å². The number of hydrogen-bond donors (Lipinski definition) is 1. The molecule has 0 bridgehead atoms. The molecular weight excluding hydrogens is 436 g/mol. The van der Waals surface area contributed by atoms with Crippen LogP contribution in [0.25, 0.3) is 22.0 Å². The number of benzene rings is 3. The summed E-state index contributed by atoms with van der Waals surface area (Å²) in [7, 11) is 0. The molecule has 0 unspecified atom stereocenters. The molecule has 2 heterocycles. The van der Waals surface area contributed by atoms with E-state index in [1.165, 1.54) is 12.1 Å². The molecule has 0 amide bonds. The molecule has 5 nitrogen and oxygen atoms in total. The smallest absolute Gasteiger partial charge is 0.303 e. The van der Waals surface area contributed by atoms with Crippen molar-refractivity contribution in [2.75, 3.05) is 4.90 Å². The summed E-state index contributed by atoms with van der Waals surface area (Å²) in [6.45, 7) is 2.07. The van der Waals surface area contributed by atoms with E-state index in [0.29, 0.717) is 32.8 Å². The van der Waals surface area contributed by atoms with Crippen molar-refractivity contribution >= 4 is 45.3 Å². The predicted octanol–water partition coefficient (Wildman–Crippen LogP) is 6.25. The summed E-state index contributed by atoms with van der Waals surface area (Å²) in [6.07, 6.45) is 0. The summed E-state index contributed by atoms with van der Waals surface area (Å²) >= 11 is 6.21. The molecule has 0 atom stereocenters. The number of H-pyrrole nitrogens is 1. The Morgan fingerprint density at radius 1 is 1.09 bits per heavy atom. The third-order valence-corrected chi connectivity index (χ3v) is 5.44. The number of fused-ring (bicyclic) bond motifs is 2. The van der Waals surface area contributed by atoms with E-state index in [1.54, 1.807) is 23.1 Å². The molecule has 5 rings (SSSR count). The van der Waals surface area contributed by atoms with Crippen molar-refractivity contribution in [3.8, 4) is 0 Å². The lowest BCUT2D eigenvalue weighted by Gasteiger charge is -2.22. The monoisotopic (exact) mass is 451 g/mol. The summed E-state index contributed by atoms with van der Waals surface area (Å²) in [5.74, 6) is -2.14. The molecule has 8 heteroatoms. The van der Waals surface area contributed by atoms with Crippen LogP contribution in [0.3, 0.4) is 0 Å². The van der Waals surface area contributed by atoms with E-state index >= 15 is 0 Å². The molecule has 0 aliphatic heterocycles. The van der Waals surface area contributed by atoms with Crippen molar-refractivity contribution in [3.05, 3.63) is 98.8 Å². The molecule has 3 aromatic carbocycles. The highest BCUT2D eigenvalue weighted by atomic mass is 35.5. The van der Waals surface area contributed by atoms with Gasteiger partial charge >= 0.3 is 6.01 Å². The van der Waals surface area contributed by atoms with Crippen LogP contribution in [0.4, 0.5) is 20.5 Å². The van der Waals surface area contributed by atoms with Crippen LogP contribution >= 0.6 is 11.6 Å². The molecule has 1 N–H and O–H groups in total. The molecule has 0 saturated carbocycles. The Morgan fingerprint density at radius 2 is 1.94 bits per heavy atom. The van der Waals surface area contributed by atoms with E-state index in [0.717, 1.165) is 11.6 Å². The van der Waals surface area contributed by atoms with Gasteiger partial charge in [-0.05, 0) is 60.5 Å². The second-order valence-electron chi connectivity index (χ2n) is 7.48. The van der Waals surface area contributed by atoms with Crippen LogP contribution in [0.2, 0.25) is 5.02 Å². The highest BCUT2D eigenvalue weighted by Gasteiger charge is 2.20. The van der Waals surface area contributed by atoms with Gasteiger partial charge in [0.15, 0.2) is 17.2 Å². The number of nitrogens with one attached hydrogen (secondary N) is 1. The van der Waals surface area contributed by atoms with Gasteiger partial charge in [-0.1, -0.05) is 23.7 Å². The lowest BCUT2D eigenvalue weighted by molar-refractivity contribution is 0.515. The first-order valence-corrected chi connectivity index (χ1v) is 10.2. The Kier molecular flexibility index (Phi) is 4.90. The van der Waals surface area contributed by atoms with E-state index < -0.39 is 17.2 Å². The van der Waals surface area contributed by atoms with E-state index in [2.05, 4.69) is 9.97 Å². The van der Waals surface area contributed by atoms with Gasteiger partial charge in [0.05, 0.1) is 12.1 Å². The normalized spacial score (nSPS) is 11.4. The Hall–Kier alpha value is -3.71. The highest BCUT2D eigenvalue weighted by Crippen LogP contribution is 2.33. The van der Waals surface area contributed by atoms with Crippen LogP contribution in [0.1, 0.15) is 11.1 Å². The number of pyridine rings is 1. The third kappa shape index (κ3) is 3.61. The second-order valence-corrected chi connectivity index (χ2v) is 7.91. The zero-order valence-electron chi connectivity index (χ0n) is 16.8. The van der Waals surface area contributed by atoms with Gasteiger partial charge in [-0.15, -0.1) is 0 Å². The Bertz CT molecular complexity index is 1540. The van der Waals surface area contributed by atoms with E-state index in [1.807, 2.05) is 31.2 Å². The van der Waals surface area contributed by atoms with E-state index in [4.69, 9.17) is 16.0 Å². The number of oxazole rings is 1. The molecule has 0 spiro atoms. The van der Waals surface area contributed by atoms with Crippen LogP contribution in [0.5, 0.6) is 0 Å². The van der Waals surface area contributed by atoms with Gasteiger partial charge in [0, 0.05) is 22.2 Å². The maximum atomic E-state index is 14.4. The minimum absolute atomic E-state index is 0.109. The molecule has 5 aromatic rings. The fraction of sp³-hybridized carbons (Fsp3) is 0.0833. The molecule has 0 saturated heterocycles. The van der Waals surface area contributed by atoms with Gasteiger partial charge in [-0.2, -0.15) is 4.98 Å². The second kappa shape index (κ2) is 7.76. The number of anilines is 2. The molecule has 0 fully saturated rings. The largest absolute Gasteiger partial charge is 0.423 e. The van der Waals surface area contributed by atoms with Gasteiger partial charge in [0.2, 0.25) is 5.56 Å². The number of aromatic nitrogens is 2. The Morgan fingerprint density at radius 3 is 2.75 bits per heavy atom. The highest BCUT2D eigenvalue weighted by molar-refractivity contribution is 6.30. The van der Waals surface area contributed by atoms with Gasteiger partial charge in [0.1, 0.15) is 5.52 Å². The predicted molar refractivity (Wildman–Crippen MR) is 121 cm³/mol. The first-order valence-electron chi connectivity index (χ1n) is 9.79. The molecule has 0 radical (unpaired) electrons. The summed E-state index contributed by atoms with van der Waals surface area (Å²) in [6, 6.07) is 16.8. The lowest BCUT2D eigenvalue weighted by atomic mass is 10.1. The van der Waals surface area contributed by atoms with Crippen LogP contribution < -0.4 is 10.5 Å². The zero-order chi connectivity index (χ0) is 22.4. The number of aryl methyl sites for hydroxylation is 1. The number of nitrogens with zero attached hydrogens (tertiary/aromatic N) is 2. The summed E-state index contributed by atoms with van der Waals surface area (Å²) in [4.78, 5) is 21.0. The van der Waals surface area contributed by atoms with E-state index in [9.17, 15) is 13.6 Å².